The number of amides is 1. The maximum Gasteiger partial charge on any atom is 0.270 e. The largest absolute Gasteiger partial charge is 0.356 e. The topological polar surface area (TPSA) is 84.3 Å². The first-order valence-corrected chi connectivity index (χ1v) is 6.73. The summed E-state index contributed by atoms with van der Waals surface area (Å²) in [5.41, 5.74) is 0.854. The Morgan fingerprint density at radius 2 is 2.16 bits per heavy atom. The molecule has 0 spiro atoms. The van der Waals surface area contributed by atoms with Crippen molar-refractivity contribution in [2.24, 2.45) is 0 Å². The van der Waals surface area contributed by atoms with Gasteiger partial charge in [0.2, 0.25) is 5.91 Å². The van der Waals surface area contributed by atoms with Crippen molar-refractivity contribution in [3.63, 3.8) is 0 Å². The maximum atomic E-state index is 11.2. The summed E-state index contributed by atoms with van der Waals surface area (Å²) in [6.45, 7) is 3.51. The van der Waals surface area contributed by atoms with Gasteiger partial charge in [-0.1, -0.05) is 15.9 Å². The zero-order valence-corrected chi connectivity index (χ0v) is 12.2. The first kappa shape index (κ1) is 15.6. The highest BCUT2D eigenvalue weighted by Gasteiger charge is 2.08. The first-order chi connectivity index (χ1) is 9.02. The van der Waals surface area contributed by atoms with E-state index < -0.39 is 4.92 Å². The molecular weight excluding hydrogens is 314 g/mol. The average Bonchev–Trinajstić information content (AvgIpc) is 2.34. The molecule has 0 bridgehead atoms. The van der Waals surface area contributed by atoms with Crippen molar-refractivity contribution >= 4 is 27.5 Å². The Bertz CT molecular complexity index is 466. The molecule has 0 aliphatic heterocycles. The lowest BCUT2D eigenvalue weighted by Crippen LogP contribution is -2.27. The number of nitrogens with zero attached hydrogens (tertiary/aromatic N) is 1. The van der Waals surface area contributed by atoms with E-state index in [1.54, 1.807) is 0 Å². The van der Waals surface area contributed by atoms with Gasteiger partial charge in [0.1, 0.15) is 0 Å². The summed E-state index contributed by atoms with van der Waals surface area (Å²) >= 11 is 3.24. The van der Waals surface area contributed by atoms with Gasteiger partial charge in [0.25, 0.3) is 5.69 Å². The van der Waals surface area contributed by atoms with Gasteiger partial charge in [0, 0.05) is 42.7 Å². The summed E-state index contributed by atoms with van der Waals surface area (Å²) in [5.74, 6) is -0.00442. The molecule has 1 amide bonds. The van der Waals surface area contributed by atoms with Crippen molar-refractivity contribution < 1.29 is 9.72 Å². The maximum absolute atomic E-state index is 11.2. The zero-order valence-electron chi connectivity index (χ0n) is 10.6. The van der Waals surface area contributed by atoms with E-state index in [0.29, 0.717) is 30.5 Å². The molecule has 0 fully saturated rings. The van der Waals surface area contributed by atoms with E-state index in [2.05, 4.69) is 26.6 Å². The van der Waals surface area contributed by atoms with Gasteiger partial charge in [0.15, 0.2) is 0 Å². The Morgan fingerprint density at radius 1 is 1.42 bits per heavy atom. The molecule has 2 N–H and O–H groups in total. The molecule has 7 heteroatoms. The van der Waals surface area contributed by atoms with Gasteiger partial charge < -0.3 is 10.6 Å². The van der Waals surface area contributed by atoms with Gasteiger partial charge in [-0.15, -0.1) is 0 Å². The van der Waals surface area contributed by atoms with Crippen molar-refractivity contribution in [3.05, 3.63) is 38.3 Å². The summed E-state index contributed by atoms with van der Waals surface area (Å²) in [7, 11) is 0. The summed E-state index contributed by atoms with van der Waals surface area (Å²) < 4.78 is 0.669. The second-order valence-electron chi connectivity index (χ2n) is 3.96. The van der Waals surface area contributed by atoms with Crippen LogP contribution in [0.25, 0.3) is 0 Å². The smallest absolute Gasteiger partial charge is 0.270 e. The van der Waals surface area contributed by atoms with E-state index in [0.717, 1.165) is 5.56 Å². The third-order valence-corrected chi connectivity index (χ3v) is 2.84. The minimum absolute atomic E-state index is 0.00442. The second-order valence-corrected chi connectivity index (χ2v) is 4.87. The second kappa shape index (κ2) is 7.85. The Hall–Kier alpha value is -1.47. The van der Waals surface area contributed by atoms with E-state index in [9.17, 15) is 14.9 Å². The number of carbonyl (C=O) groups excluding carboxylic acids is 1. The molecule has 0 atom stereocenters. The molecule has 0 saturated carbocycles. The highest BCUT2D eigenvalue weighted by atomic mass is 79.9. The summed E-state index contributed by atoms with van der Waals surface area (Å²) in [4.78, 5) is 21.5. The van der Waals surface area contributed by atoms with E-state index in [1.165, 1.54) is 12.1 Å². The van der Waals surface area contributed by atoms with Crippen molar-refractivity contribution in [1.29, 1.82) is 0 Å². The number of nitro benzene ring substituents is 1. The quantitative estimate of drug-likeness (QED) is 0.455. The highest BCUT2D eigenvalue weighted by molar-refractivity contribution is 9.10. The van der Waals surface area contributed by atoms with Crippen molar-refractivity contribution in [3.8, 4) is 0 Å². The number of hydrogen-bond donors (Lipinski definition) is 2. The lowest BCUT2D eigenvalue weighted by molar-refractivity contribution is -0.385. The molecule has 0 unspecified atom stereocenters. The van der Waals surface area contributed by atoms with E-state index >= 15 is 0 Å². The third kappa shape index (κ3) is 5.80. The normalized spacial score (nSPS) is 10.2. The van der Waals surface area contributed by atoms with Gasteiger partial charge in [-0.2, -0.15) is 0 Å². The van der Waals surface area contributed by atoms with Crippen LogP contribution >= 0.6 is 15.9 Å². The monoisotopic (exact) mass is 329 g/mol. The Kier molecular flexibility index (Phi) is 6.44. The fourth-order valence-electron chi connectivity index (χ4n) is 1.56. The number of hydrogen-bond acceptors (Lipinski definition) is 4. The van der Waals surface area contributed by atoms with Crippen molar-refractivity contribution in [2.45, 2.75) is 19.9 Å². The van der Waals surface area contributed by atoms with Gasteiger partial charge in [0.05, 0.1) is 4.92 Å². The number of halogens is 1. The molecule has 0 aliphatic carbocycles. The zero-order chi connectivity index (χ0) is 14.3. The molecule has 19 heavy (non-hydrogen) atoms. The molecular formula is C12H16BrN3O3. The number of benzene rings is 1. The first-order valence-electron chi connectivity index (χ1n) is 5.94. The minimum Gasteiger partial charge on any atom is -0.356 e. The van der Waals surface area contributed by atoms with Crippen LogP contribution in [0.15, 0.2) is 22.7 Å². The van der Waals surface area contributed by atoms with Gasteiger partial charge in [-0.25, -0.2) is 0 Å². The van der Waals surface area contributed by atoms with Crippen molar-refractivity contribution in [2.75, 3.05) is 13.1 Å². The molecule has 1 aromatic carbocycles. The minimum atomic E-state index is -0.428. The third-order valence-electron chi connectivity index (χ3n) is 2.39. The number of carbonyl (C=O) groups is 1. The van der Waals surface area contributed by atoms with Crippen LogP contribution in [-0.4, -0.2) is 23.9 Å². The molecule has 1 rings (SSSR count). The van der Waals surface area contributed by atoms with Crippen LogP contribution in [0.1, 0.15) is 18.9 Å². The summed E-state index contributed by atoms with van der Waals surface area (Å²) in [6.07, 6.45) is 0.393. The van der Waals surface area contributed by atoms with Crippen LogP contribution in [0.3, 0.4) is 0 Å². The average molecular weight is 330 g/mol. The van der Waals surface area contributed by atoms with Crippen LogP contribution in [-0.2, 0) is 11.3 Å². The van der Waals surface area contributed by atoms with Crippen LogP contribution in [0.2, 0.25) is 0 Å². The predicted octanol–water partition coefficient (Wildman–Crippen LogP) is 1.97. The SMILES string of the molecule is CCNC(=O)CCNCc1cc(Br)cc([N+](=O)[O-])c1. The Morgan fingerprint density at radius 3 is 2.79 bits per heavy atom. The molecule has 0 saturated heterocycles. The number of rotatable bonds is 7. The van der Waals surface area contributed by atoms with Gasteiger partial charge in [-0.05, 0) is 18.6 Å². The van der Waals surface area contributed by atoms with E-state index in [-0.39, 0.29) is 11.6 Å². The molecule has 104 valence electrons. The summed E-state index contributed by atoms with van der Waals surface area (Å²) in [5, 5.41) is 16.5. The van der Waals surface area contributed by atoms with Crippen molar-refractivity contribution in [1.82, 2.24) is 10.6 Å². The lowest BCUT2D eigenvalue weighted by atomic mass is 10.2. The molecule has 1 aromatic rings. The van der Waals surface area contributed by atoms with Crippen LogP contribution in [0.5, 0.6) is 0 Å². The standard InChI is InChI=1S/C12H16BrN3O3/c1-2-15-12(17)3-4-14-8-9-5-10(13)7-11(6-9)16(18)19/h5-7,14H,2-4,8H2,1H3,(H,15,17). The Labute approximate surface area is 119 Å². The molecule has 0 heterocycles. The lowest BCUT2D eigenvalue weighted by Gasteiger charge is -2.06. The van der Waals surface area contributed by atoms with Gasteiger partial charge >= 0.3 is 0 Å². The Balaban J connectivity index is 2.45. The van der Waals surface area contributed by atoms with Crippen LogP contribution in [0, 0.1) is 10.1 Å². The van der Waals surface area contributed by atoms with E-state index in [4.69, 9.17) is 0 Å². The van der Waals surface area contributed by atoms with Crippen LogP contribution in [0.4, 0.5) is 5.69 Å². The highest BCUT2D eigenvalue weighted by Crippen LogP contribution is 2.21. The fourth-order valence-corrected chi connectivity index (χ4v) is 2.09. The number of nitrogens with one attached hydrogen (secondary N) is 2. The predicted molar refractivity (Wildman–Crippen MR) is 75.8 cm³/mol. The van der Waals surface area contributed by atoms with Crippen LogP contribution < -0.4 is 10.6 Å². The van der Waals surface area contributed by atoms with Gasteiger partial charge in [-0.3, -0.25) is 14.9 Å². The number of non-ortho nitro benzene ring substituents is 1. The number of nitro groups is 1. The molecule has 0 aromatic heterocycles. The molecule has 6 nitrogen and oxygen atoms in total. The molecule has 0 radical (unpaired) electrons. The molecule has 0 aliphatic rings. The van der Waals surface area contributed by atoms with E-state index in [1.807, 2.05) is 13.0 Å². The summed E-state index contributed by atoms with van der Waals surface area (Å²) in [6, 6.07) is 4.79. The fraction of sp³-hybridized carbons (Fsp3) is 0.417.